The third kappa shape index (κ3) is 4.86. The largest absolute Gasteiger partial charge is 0.383 e. The summed E-state index contributed by atoms with van der Waals surface area (Å²) >= 11 is 0. The zero-order valence-corrected chi connectivity index (χ0v) is 14.4. The molecule has 134 valence electrons. The maximum absolute atomic E-state index is 5.71. The molecule has 2 aliphatic rings. The normalized spacial score (nSPS) is 23.3. The molecular formula is C17H28N4O3. The molecule has 0 radical (unpaired) electrons. The maximum atomic E-state index is 5.71. The van der Waals surface area contributed by atoms with E-state index in [-0.39, 0.29) is 6.04 Å². The molecule has 1 aromatic rings. The monoisotopic (exact) mass is 336 g/mol. The van der Waals surface area contributed by atoms with E-state index < -0.39 is 0 Å². The average Bonchev–Trinajstić information content (AvgIpc) is 2.64. The zero-order chi connectivity index (χ0) is 16.6. The van der Waals surface area contributed by atoms with Crippen LogP contribution >= 0.6 is 0 Å². The zero-order valence-electron chi connectivity index (χ0n) is 14.4. The number of methoxy groups -OCH3 is 1. The van der Waals surface area contributed by atoms with Gasteiger partial charge in [-0.2, -0.15) is 0 Å². The van der Waals surface area contributed by atoms with Crippen LogP contribution < -0.4 is 5.32 Å². The summed E-state index contributed by atoms with van der Waals surface area (Å²) in [6.07, 6.45) is 4.10. The van der Waals surface area contributed by atoms with Crippen molar-refractivity contribution in [1.82, 2.24) is 14.9 Å². The second kappa shape index (κ2) is 9.27. The molecule has 0 spiro atoms. The first-order chi connectivity index (χ1) is 11.9. The van der Waals surface area contributed by atoms with Gasteiger partial charge in [0.05, 0.1) is 25.9 Å². The number of ether oxygens (including phenoxy) is 3. The van der Waals surface area contributed by atoms with E-state index in [0.29, 0.717) is 19.1 Å². The third-order valence-corrected chi connectivity index (χ3v) is 4.66. The van der Waals surface area contributed by atoms with Gasteiger partial charge < -0.3 is 19.5 Å². The van der Waals surface area contributed by atoms with Crippen molar-refractivity contribution in [2.24, 2.45) is 5.92 Å². The van der Waals surface area contributed by atoms with Crippen LogP contribution in [0.15, 0.2) is 12.3 Å². The van der Waals surface area contributed by atoms with Crippen molar-refractivity contribution in [2.45, 2.75) is 18.9 Å². The van der Waals surface area contributed by atoms with Crippen molar-refractivity contribution in [3.05, 3.63) is 18.1 Å². The van der Waals surface area contributed by atoms with Crippen LogP contribution in [0.1, 0.15) is 24.7 Å². The molecule has 1 aromatic heterocycles. The minimum atomic E-state index is 0.130. The number of morpholine rings is 1. The molecule has 2 saturated heterocycles. The Morgan fingerprint density at radius 1 is 1.29 bits per heavy atom. The van der Waals surface area contributed by atoms with Gasteiger partial charge in [0.25, 0.3) is 0 Å². The van der Waals surface area contributed by atoms with Gasteiger partial charge in [-0.15, -0.1) is 0 Å². The maximum Gasteiger partial charge on any atom is 0.150 e. The summed E-state index contributed by atoms with van der Waals surface area (Å²) in [5, 5.41) is 3.27. The van der Waals surface area contributed by atoms with Gasteiger partial charge in [-0.05, 0) is 24.8 Å². The third-order valence-electron chi connectivity index (χ3n) is 4.66. The molecule has 0 amide bonds. The highest BCUT2D eigenvalue weighted by Gasteiger charge is 2.29. The van der Waals surface area contributed by atoms with Crippen LogP contribution in [0.25, 0.3) is 0 Å². The Balaban J connectivity index is 1.64. The lowest BCUT2D eigenvalue weighted by Crippen LogP contribution is -2.43. The van der Waals surface area contributed by atoms with E-state index in [2.05, 4.69) is 20.2 Å². The van der Waals surface area contributed by atoms with Crippen LogP contribution in [-0.4, -0.2) is 74.6 Å². The topological polar surface area (TPSA) is 68.7 Å². The summed E-state index contributed by atoms with van der Waals surface area (Å²) in [6, 6.07) is 2.02. The molecule has 1 N–H and O–H groups in total. The van der Waals surface area contributed by atoms with Crippen LogP contribution in [-0.2, 0) is 14.2 Å². The molecule has 0 aliphatic carbocycles. The first-order valence-electron chi connectivity index (χ1n) is 8.82. The molecule has 0 bridgehead atoms. The number of nitrogens with zero attached hydrogens (tertiary/aromatic N) is 3. The van der Waals surface area contributed by atoms with Crippen LogP contribution in [0.4, 0.5) is 5.82 Å². The second-order valence-electron chi connectivity index (χ2n) is 6.36. The van der Waals surface area contributed by atoms with Gasteiger partial charge in [0.15, 0.2) is 0 Å². The van der Waals surface area contributed by atoms with E-state index in [1.165, 1.54) is 0 Å². The highest BCUT2D eigenvalue weighted by molar-refractivity contribution is 5.33. The molecule has 0 unspecified atom stereocenters. The molecule has 0 saturated carbocycles. The smallest absolute Gasteiger partial charge is 0.150 e. The first kappa shape index (κ1) is 17.5. The van der Waals surface area contributed by atoms with Crippen molar-refractivity contribution in [3.8, 4) is 0 Å². The first-order valence-corrected chi connectivity index (χ1v) is 8.82. The van der Waals surface area contributed by atoms with Gasteiger partial charge in [0.2, 0.25) is 0 Å². The summed E-state index contributed by atoms with van der Waals surface area (Å²) in [6.45, 7) is 6.61. The van der Waals surface area contributed by atoms with Crippen LogP contribution in [0.5, 0.6) is 0 Å². The van der Waals surface area contributed by atoms with Crippen molar-refractivity contribution < 1.29 is 14.2 Å². The summed E-state index contributed by atoms with van der Waals surface area (Å²) in [7, 11) is 1.70. The minimum Gasteiger partial charge on any atom is -0.383 e. The Labute approximate surface area is 143 Å². The van der Waals surface area contributed by atoms with Crippen LogP contribution in [0.3, 0.4) is 0 Å². The number of nitrogens with one attached hydrogen (secondary N) is 1. The molecule has 0 aromatic carbocycles. The quantitative estimate of drug-likeness (QED) is 0.754. The van der Waals surface area contributed by atoms with Gasteiger partial charge in [0.1, 0.15) is 11.6 Å². The lowest BCUT2D eigenvalue weighted by Gasteiger charge is -2.37. The lowest BCUT2D eigenvalue weighted by molar-refractivity contribution is -0.0295. The number of rotatable bonds is 7. The van der Waals surface area contributed by atoms with Gasteiger partial charge in [-0.1, -0.05) is 0 Å². The van der Waals surface area contributed by atoms with E-state index in [0.717, 1.165) is 63.9 Å². The van der Waals surface area contributed by atoms with Crippen LogP contribution in [0, 0.1) is 5.92 Å². The standard InChI is InChI=1S/C17H28N4O3/c1-22-10-6-18-16-2-5-19-17(20-16)15-13-24-11-7-21(15)12-14-3-8-23-9-4-14/h2,5,14-15H,3-4,6-13H2,1H3,(H,18,19,20)/t15-/m1/s1. The molecular weight excluding hydrogens is 308 g/mol. The molecule has 2 fully saturated rings. The fourth-order valence-electron chi connectivity index (χ4n) is 3.27. The molecule has 7 nitrogen and oxygen atoms in total. The highest BCUT2D eigenvalue weighted by atomic mass is 16.5. The Bertz CT molecular complexity index is 496. The summed E-state index contributed by atoms with van der Waals surface area (Å²) in [5.74, 6) is 2.38. The van der Waals surface area contributed by atoms with Gasteiger partial charge >= 0.3 is 0 Å². The van der Waals surface area contributed by atoms with Gasteiger partial charge in [-0.25, -0.2) is 9.97 Å². The SMILES string of the molecule is COCCNc1ccnc([C@H]2COCCN2CC2CCOCC2)n1. The predicted octanol–water partition coefficient (Wildman–Crippen LogP) is 1.33. The Morgan fingerprint density at radius 2 is 2.17 bits per heavy atom. The fourth-order valence-corrected chi connectivity index (χ4v) is 3.27. The number of hydrogen-bond donors (Lipinski definition) is 1. The van der Waals surface area contributed by atoms with Crippen molar-refractivity contribution in [1.29, 1.82) is 0 Å². The van der Waals surface area contributed by atoms with Gasteiger partial charge in [-0.3, -0.25) is 4.90 Å². The van der Waals surface area contributed by atoms with E-state index in [9.17, 15) is 0 Å². The molecule has 2 aliphatic heterocycles. The van der Waals surface area contributed by atoms with Crippen LogP contribution in [0.2, 0.25) is 0 Å². The highest BCUT2D eigenvalue weighted by Crippen LogP contribution is 2.26. The molecule has 1 atom stereocenters. The predicted molar refractivity (Wildman–Crippen MR) is 91.1 cm³/mol. The number of aromatic nitrogens is 2. The van der Waals surface area contributed by atoms with E-state index in [1.54, 1.807) is 7.11 Å². The van der Waals surface area contributed by atoms with Crippen molar-refractivity contribution in [2.75, 3.05) is 65.1 Å². The number of anilines is 1. The molecule has 7 heteroatoms. The van der Waals surface area contributed by atoms with Gasteiger partial charge in [0, 0.05) is 46.2 Å². The fraction of sp³-hybridized carbons (Fsp3) is 0.765. The molecule has 3 heterocycles. The van der Waals surface area contributed by atoms with Crippen molar-refractivity contribution >= 4 is 5.82 Å². The second-order valence-corrected chi connectivity index (χ2v) is 6.36. The lowest BCUT2D eigenvalue weighted by atomic mass is 9.98. The Hall–Kier alpha value is -1.28. The Morgan fingerprint density at radius 3 is 3.00 bits per heavy atom. The molecule has 24 heavy (non-hydrogen) atoms. The van der Waals surface area contributed by atoms with E-state index >= 15 is 0 Å². The number of hydrogen-bond acceptors (Lipinski definition) is 7. The van der Waals surface area contributed by atoms with Crippen molar-refractivity contribution in [3.63, 3.8) is 0 Å². The summed E-state index contributed by atoms with van der Waals surface area (Å²) < 4.78 is 16.3. The minimum absolute atomic E-state index is 0.130. The average molecular weight is 336 g/mol. The summed E-state index contributed by atoms with van der Waals surface area (Å²) in [5.41, 5.74) is 0. The van der Waals surface area contributed by atoms with E-state index in [4.69, 9.17) is 14.2 Å². The molecule has 3 rings (SSSR count). The Kier molecular flexibility index (Phi) is 6.77. The summed E-state index contributed by atoms with van der Waals surface area (Å²) in [4.78, 5) is 11.7. The van der Waals surface area contributed by atoms with E-state index in [1.807, 2.05) is 12.3 Å².